The first-order chi connectivity index (χ1) is 16.8. The largest absolute Gasteiger partial charge is 0.434 e. The lowest BCUT2D eigenvalue weighted by Gasteiger charge is -2.48. The van der Waals surface area contributed by atoms with Crippen LogP contribution in [0, 0.1) is 6.92 Å². The minimum Gasteiger partial charge on any atom is -0.368 e. The van der Waals surface area contributed by atoms with Crippen molar-refractivity contribution in [1.82, 2.24) is 25.0 Å². The molecule has 0 spiro atoms. The summed E-state index contributed by atoms with van der Waals surface area (Å²) in [6.45, 7) is 12.4. The van der Waals surface area contributed by atoms with E-state index in [-0.39, 0.29) is 5.56 Å². The van der Waals surface area contributed by atoms with Crippen LogP contribution in [0.3, 0.4) is 0 Å². The lowest BCUT2D eigenvalue weighted by Crippen LogP contribution is -2.63. The Morgan fingerprint density at radius 1 is 1.09 bits per heavy atom. The maximum absolute atomic E-state index is 14.1. The smallest absolute Gasteiger partial charge is 0.368 e. The van der Waals surface area contributed by atoms with Crippen LogP contribution in [-0.4, -0.2) is 78.1 Å². The predicted molar refractivity (Wildman–Crippen MR) is 132 cm³/mol. The molecular formula is C25H34F3N7. The number of rotatable bonds is 5. The van der Waals surface area contributed by atoms with Crippen molar-refractivity contribution in [2.45, 2.75) is 37.9 Å². The first kappa shape index (κ1) is 24.1. The van der Waals surface area contributed by atoms with Gasteiger partial charge in [0.25, 0.3) is 0 Å². The molecule has 0 aromatic carbocycles. The average Bonchev–Trinajstić information content (AvgIpc) is 3.15. The van der Waals surface area contributed by atoms with Crippen LogP contribution in [-0.2, 0) is 13.2 Å². The molecule has 0 saturated carbocycles. The fourth-order valence-electron chi connectivity index (χ4n) is 5.82. The normalized spacial score (nSPS) is 20.8. The minimum atomic E-state index is -4.54. The van der Waals surface area contributed by atoms with E-state index in [1.807, 2.05) is 28.9 Å². The summed E-state index contributed by atoms with van der Waals surface area (Å²) in [6, 6.07) is 2.22. The van der Waals surface area contributed by atoms with Crippen LogP contribution in [0.2, 0.25) is 0 Å². The molecule has 7 nitrogen and oxygen atoms in total. The van der Waals surface area contributed by atoms with Crippen molar-refractivity contribution in [2.24, 2.45) is 7.05 Å². The number of halogens is 3. The molecule has 2 aromatic heterocycles. The molecule has 3 aliphatic rings. The van der Waals surface area contributed by atoms with Crippen molar-refractivity contribution in [3.8, 4) is 0 Å². The molecule has 1 N–H and O–H groups in total. The topological polar surface area (TPSA) is 52.5 Å². The highest BCUT2D eigenvalue weighted by atomic mass is 19.4. The summed E-state index contributed by atoms with van der Waals surface area (Å²) in [5.41, 5.74) is 2.22. The van der Waals surface area contributed by atoms with Crippen LogP contribution in [0.5, 0.6) is 0 Å². The van der Waals surface area contributed by atoms with Crippen molar-refractivity contribution < 1.29 is 13.2 Å². The Morgan fingerprint density at radius 3 is 2.34 bits per heavy atom. The fraction of sp³-hybridized carbons (Fsp3) is 0.600. The standard InChI is InChI=1S/C25H34F3N7/c1-4-20-21(35-15-19(16-35)33-11-7-29-8-12-33)13-22(31-24(20)25(26,27)28)34-9-5-18(6-10-34)23-17(2)14-30-32(23)3/h4,13-14,18-19,29H,1,5-12,15-16H2,2-3H3. The molecule has 35 heavy (non-hydrogen) atoms. The van der Waals surface area contributed by atoms with Crippen molar-refractivity contribution in [2.75, 3.05) is 62.2 Å². The second-order valence-corrected chi connectivity index (χ2v) is 9.91. The highest BCUT2D eigenvalue weighted by molar-refractivity contribution is 5.73. The molecule has 0 unspecified atom stereocenters. The second-order valence-electron chi connectivity index (χ2n) is 9.91. The number of nitrogens with zero attached hydrogens (tertiary/aromatic N) is 6. The zero-order valence-corrected chi connectivity index (χ0v) is 20.5. The number of pyridine rings is 1. The van der Waals surface area contributed by atoms with Crippen LogP contribution in [0.1, 0.15) is 41.3 Å². The predicted octanol–water partition coefficient (Wildman–Crippen LogP) is 3.26. The molecule has 0 bridgehead atoms. The lowest BCUT2D eigenvalue weighted by molar-refractivity contribution is -0.141. The number of piperidine rings is 1. The van der Waals surface area contributed by atoms with Gasteiger partial charge in [0.05, 0.1) is 6.20 Å². The third-order valence-corrected chi connectivity index (χ3v) is 7.75. The number of nitrogens with one attached hydrogen (secondary N) is 1. The molecule has 2 aromatic rings. The molecule has 0 amide bonds. The SMILES string of the molecule is C=Cc1c(N2CC(N3CCNCC3)C2)cc(N2CCC(c3c(C)cnn3C)CC2)nc1C(F)(F)F. The molecule has 0 radical (unpaired) electrons. The van der Waals surface area contributed by atoms with Crippen molar-refractivity contribution in [3.63, 3.8) is 0 Å². The van der Waals surface area contributed by atoms with Crippen molar-refractivity contribution in [1.29, 1.82) is 0 Å². The molecule has 3 saturated heterocycles. The Balaban J connectivity index is 1.38. The van der Waals surface area contributed by atoms with Gasteiger partial charge in [0.15, 0.2) is 5.69 Å². The van der Waals surface area contributed by atoms with Crippen LogP contribution < -0.4 is 15.1 Å². The maximum Gasteiger partial charge on any atom is 0.434 e. The zero-order chi connectivity index (χ0) is 24.7. The van der Waals surface area contributed by atoms with Gasteiger partial charge >= 0.3 is 6.18 Å². The van der Waals surface area contributed by atoms with Gasteiger partial charge in [-0.15, -0.1) is 0 Å². The molecule has 3 fully saturated rings. The Morgan fingerprint density at radius 2 is 1.77 bits per heavy atom. The van der Waals surface area contributed by atoms with Gasteiger partial charge in [-0.05, 0) is 25.3 Å². The molecule has 5 rings (SSSR count). The van der Waals surface area contributed by atoms with Crippen molar-refractivity contribution in [3.05, 3.63) is 41.4 Å². The van der Waals surface area contributed by atoms with Crippen molar-refractivity contribution >= 4 is 17.6 Å². The van der Waals surface area contributed by atoms with Crippen LogP contribution in [0.25, 0.3) is 6.08 Å². The highest BCUT2D eigenvalue weighted by Crippen LogP contribution is 2.41. The highest BCUT2D eigenvalue weighted by Gasteiger charge is 2.40. The molecule has 0 atom stereocenters. The summed E-state index contributed by atoms with van der Waals surface area (Å²) in [6.07, 6.45) is 0.360. The van der Waals surface area contributed by atoms with Gasteiger partial charge in [0.2, 0.25) is 0 Å². The summed E-state index contributed by atoms with van der Waals surface area (Å²) in [5.74, 6) is 0.756. The van der Waals surface area contributed by atoms with Gasteiger partial charge in [-0.2, -0.15) is 18.3 Å². The second kappa shape index (κ2) is 9.46. The van der Waals surface area contributed by atoms with Gasteiger partial charge in [-0.1, -0.05) is 12.7 Å². The first-order valence-corrected chi connectivity index (χ1v) is 12.4. The van der Waals surface area contributed by atoms with E-state index in [1.54, 1.807) is 0 Å². The number of piperazine rings is 1. The summed E-state index contributed by atoms with van der Waals surface area (Å²) >= 11 is 0. The van der Waals surface area contributed by atoms with Crippen LogP contribution in [0.4, 0.5) is 24.7 Å². The third-order valence-electron chi connectivity index (χ3n) is 7.75. The van der Waals surface area contributed by atoms with E-state index in [4.69, 9.17) is 0 Å². The quantitative estimate of drug-likeness (QED) is 0.696. The Kier molecular flexibility index (Phi) is 6.52. The van der Waals surface area contributed by atoms with Gasteiger partial charge in [0.1, 0.15) is 5.82 Å². The average molecular weight is 490 g/mol. The zero-order valence-electron chi connectivity index (χ0n) is 20.5. The number of hydrogen-bond donors (Lipinski definition) is 1. The van der Waals surface area contributed by atoms with E-state index >= 15 is 0 Å². The van der Waals surface area contributed by atoms with Gasteiger partial charge in [0, 0.05) is 94.4 Å². The van der Waals surface area contributed by atoms with E-state index in [1.165, 1.54) is 11.8 Å². The number of alkyl halides is 3. The fourth-order valence-corrected chi connectivity index (χ4v) is 5.82. The Labute approximate surface area is 204 Å². The van der Waals surface area contributed by atoms with E-state index in [9.17, 15) is 13.2 Å². The van der Waals surface area contributed by atoms with Crippen LogP contribution in [0.15, 0.2) is 18.8 Å². The van der Waals surface area contributed by atoms with E-state index in [0.29, 0.717) is 36.6 Å². The number of hydrogen-bond acceptors (Lipinski definition) is 6. The monoisotopic (exact) mass is 489 g/mol. The van der Waals surface area contributed by atoms with Gasteiger partial charge in [-0.25, -0.2) is 4.98 Å². The number of anilines is 2. The molecule has 3 aliphatic heterocycles. The van der Waals surface area contributed by atoms with Gasteiger partial charge in [-0.3, -0.25) is 9.58 Å². The molecule has 190 valence electrons. The summed E-state index contributed by atoms with van der Waals surface area (Å²) in [7, 11) is 1.95. The minimum absolute atomic E-state index is 0.0837. The Hall–Kier alpha value is -2.59. The summed E-state index contributed by atoms with van der Waals surface area (Å²) in [5, 5.41) is 7.71. The number of aryl methyl sites for hydroxylation is 2. The summed E-state index contributed by atoms with van der Waals surface area (Å²) in [4.78, 5) is 10.6. The van der Waals surface area contributed by atoms with Crippen LogP contribution >= 0.6 is 0 Å². The molecular weight excluding hydrogens is 455 g/mol. The lowest BCUT2D eigenvalue weighted by atomic mass is 9.91. The Bertz CT molecular complexity index is 1040. The van der Waals surface area contributed by atoms with Gasteiger partial charge < -0.3 is 15.1 Å². The third kappa shape index (κ3) is 4.65. The maximum atomic E-state index is 14.1. The molecule has 10 heteroatoms. The molecule has 5 heterocycles. The molecule has 0 aliphatic carbocycles. The van der Waals surface area contributed by atoms with E-state index < -0.39 is 11.9 Å². The van der Waals surface area contributed by atoms with E-state index in [0.717, 1.165) is 57.7 Å². The van der Waals surface area contributed by atoms with E-state index in [2.05, 4.69) is 38.7 Å². The summed E-state index contributed by atoms with van der Waals surface area (Å²) < 4.78 is 44.2. The number of aromatic nitrogens is 3. The first-order valence-electron chi connectivity index (χ1n) is 12.4.